The van der Waals surface area contributed by atoms with Gasteiger partial charge in [0.05, 0.1) is 12.4 Å². The molecule has 10 nitrogen and oxygen atoms in total. The largest absolute Gasteiger partial charge is 0.368 e. The number of carbonyl (C=O) groups excluding carboxylic acids is 2. The second-order valence-electron chi connectivity index (χ2n) is 6.19. The van der Waals surface area contributed by atoms with Crippen molar-refractivity contribution in [2.24, 2.45) is 0 Å². The van der Waals surface area contributed by atoms with E-state index in [-0.39, 0.29) is 24.6 Å². The van der Waals surface area contributed by atoms with Gasteiger partial charge in [-0.2, -0.15) is 5.26 Å². The first-order chi connectivity index (χ1) is 12.8. The number of amides is 2. The molecule has 2 aromatic rings. The third-order valence-corrected chi connectivity index (χ3v) is 4.07. The number of aromatic nitrogens is 3. The minimum atomic E-state index is -1.99. The minimum absolute atomic E-state index is 0.0419. The van der Waals surface area contributed by atoms with Crippen LogP contribution in [0.4, 0.5) is 17.3 Å². The second-order valence-corrected chi connectivity index (χ2v) is 6.19. The number of nitrogens with one attached hydrogen (secondary N) is 1. The van der Waals surface area contributed by atoms with Crippen molar-refractivity contribution in [2.75, 3.05) is 30.9 Å². The maximum absolute atomic E-state index is 12.2. The Morgan fingerprint density at radius 1 is 1.33 bits per heavy atom. The SMILES string of the molecule is CN(C)C(=O)c1cnc(Nc2cc(N3CC[C@](O)(C#N)C3=O)ccn2)cn1. The van der Waals surface area contributed by atoms with Gasteiger partial charge in [-0.25, -0.2) is 15.0 Å². The van der Waals surface area contributed by atoms with Crippen LogP contribution in [0.3, 0.4) is 0 Å². The van der Waals surface area contributed by atoms with E-state index in [0.29, 0.717) is 17.3 Å². The van der Waals surface area contributed by atoms with Crippen molar-refractivity contribution in [3.05, 3.63) is 36.4 Å². The van der Waals surface area contributed by atoms with Gasteiger partial charge in [0.15, 0.2) is 0 Å². The van der Waals surface area contributed by atoms with E-state index in [9.17, 15) is 14.7 Å². The van der Waals surface area contributed by atoms with Gasteiger partial charge in [-0.05, 0) is 6.07 Å². The number of hydrogen-bond acceptors (Lipinski definition) is 8. The smallest absolute Gasteiger partial charge is 0.273 e. The summed E-state index contributed by atoms with van der Waals surface area (Å²) in [4.78, 5) is 39.1. The zero-order valence-electron chi connectivity index (χ0n) is 14.7. The van der Waals surface area contributed by atoms with Crippen LogP contribution in [0.1, 0.15) is 16.9 Å². The first-order valence-electron chi connectivity index (χ1n) is 8.06. The molecule has 1 atom stereocenters. The first kappa shape index (κ1) is 18.2. The van der Waals surface area contributed by atoms with Crippen LogP contribution >= 0.6 is 0 Å². The summed E-state index contributed by atoms with van der Waals surface area (Å²) < 4.78 is 0. The van der Waals surface area contributed by atoms with E-state index in [1.807, 2.05) is 0 Å². The molecule has 1 fully saturated rings. The maximum atomic E-state index is 12.2. The van der Waals surface area contributed by atoms with E-state index in [1.54, 1.807) is 32.3 Å². The van der Waals surface area contributed by atoms with Crippen molar-refractivity contribution >= 4 is 29.1 Å². The molecule has 0 unspecified atom stereocenters. The van der Waals surface area contributed by atoms with Crippen LogP contribution in [0, 0.1) is 11.3 Å². The van der Waals surface area contributed by atoms with Gasteiger partial charge < -0.3 is 20.2 Å². The summed E-state index contributed by atoms with van der Waals surface area (Å²) >= 11 is 0. The highest BCUT2D eigenvalue weighted by Crippen LogP contribution is 2.29. The predicted octanol–water partition coefficient (Wildman–Crippen LogP) is 0.308. The molecule has 1 saturated heterocycles. The molecule has 2 N–H and O–H groups in total. The molecule has 138 valence electrons. The zero-order chi connectivity index (χ0) is 19.6. The Morgan fingerprint density at radius 3 is 2.70 bits per heavy atom. The summed E-state index contributed by atoms with van der Waals surface area (Å²) in [6.07, 6.45) is 4.29. The molecule has 0 aromatic carbocycles. The van der Waals surface area contributed by atoms with Gasteiger partial charge in [0.25, 0.3) is 11.8 Å². The van der Waals surface area contributed by atoms with Gasteiger partial charge in [0, 0.05) is 45.0 Å². The highest BCUT2D eigenvalue weighted by atomic mass is 16.3. The summed E-state index contributed by atoms with van der Waals surface area (Å²) in [7, 11) is 3.25. The van der Waals surface area contributed by atoms with E-state index in [0.717, 1.165) is 0 Å². The van der Waals surface area contributed by atoms with Gasteiger partial charge in [-0.1, -0.05) is 0 Å². The summed E-state index contributed by atoms with van der Waals surface area (Å²) in [5.41, 5.74) is -1.28. The fraction of sp³-hybridized carbons (Fsp3) is 0.294. The van der Waals surface area contributed by atoms with Crippen LogP contribution in [-0.4, -0.2) is 63.0 Å². The number of anilines is 3. The highest BCUT2D eigenvalue weighted by molar-refractivity contribution is 6.03. The van der Waals surface area contributed by atoms with Crippen LogP contribution in [0.15, 0.2) is 30.7 Å². The molecule has 1 aliphatic rings. The third kappa shape index (κ3) is 3.54. The van der Waals surface area contributed by atoms with Crippen LogP contribution < -0.4 is 10.2 Å². The van der Waals surface area contributed by atoms with E-state index >= 15 is 0 Å². The van der Waals surface area contributed by atoms with Crippen molar-refractivity contribution in [1.29, 1.82) is 5.26 Å². The lowest BCUT2D eigenvalue weighted by atomic mass is 10.1. The molecule has 0 radical (unpaired) electrons. The molecule has 3 rings (SSSR count). The van der Waals surface area contributed by atoms with Crippen LogP contribution in [-0.2, 0) is 4.79 Å². The number of pyridine rings is 1. The normalized spacial score (nSPS) is 18.9. The second kappa shape index (κ2) is 6.97. The number of nitrogens with zero attached hydrogens (tertiary/aromatic N) is 6. The van der Waals surface area contributed by atoms with Gasteiger partial charge >= 0.3 is 0 Å². The van der Waals surface area contributed by atoms with Crippen LogP contribution in [0.2, 0.25) is 0 Å². The molecule has 0 bridgehead atoms. The molecule has 0 aliphatic carbocycles. The van der Waals surface area contributed by atoms with Crippen molar-refractivity contribution in [3.8, 4) is 6.07 Å². The molecular weight excluding hydrogens is 350 g/mol. The van der Waals surface area contributed by atoms with Crippen molar-refractivity contribution < 1.29 is 14.7 Å². The number of aliphatic hydroxyl groups is 1. The highest BCUT2D eigenvalue weighted by Gasteiger charge is 2.46. The lowest BCUT2D eigenvalue weighted by Gasteiger charge is -2.18. The van der Waals surface area contributed by atoms with E-state index in [4.69, 9.17) is 5.26 Å². The molecule has 10 heteroatoms. The fourth-order valence-corrected chi connectivity index (χ4v) is 2.57. The van der Waals surface area contributed by atoms with Crippen LogP contribution in [0.25, 0.3) is 0 Å². The molecule has 2 amide bonds. The average molecular weight is 367 g/mol. The van der Waals surface area contributed by atoms with Gasteiger partial charge in [0.2, 0.25) is 5.60 Å². The molecule has 3 heterocycles. The summed E-state index contributed by atoms with van der Waals surface area (Å²) in [5, 5.41) is 21.9. The molecular formula is C17H17N7O3. The number of rotatable bonds is 4. The van der Waals surface area contributed by atoms with Gasteiger partial charge in [0.1, 0.15) is 23.4 Å². The van der Waals surface area contributed by atoms with Gasteiger partial charge in [-0.15, -0.1) is 0 Å². The van der Waals surface area contributed by atoms with Crippen molar-refractivity contribution in [1.82, 2.24) is 19.9 Å². The molecule has 0 spiro atoms. The first-order valence-corrected chi connectivity index (χ1v) is 8.06. The lowest BCUT2D eigenvalue weighted by molar-refractivity contribution is -0.128. The lowest BCUT2D eigenvalue weighted by Crippen LogP contribution is -2.38. The monoisotopic (exact) mass is 367 g/mol. The Hall–Kier alpha value is -3.58. The number of hydrogen-bond donors (Lipinski definition) is 2. The molecule has 0 saturated carbocycles. The maximum Gasteiger partial charge on any atom is 0.273 e. The van der Waals surface area contributed by atoms with Crippen LogP contribution in [0.5, 0.6) is 0 Å². The molecule has 2 aromatic heterocycles. The Balaban J connectivity index is 1.76. The van der Waals surface area contributed by atoms with Crippen molar-refractivity contribution in [3.63, 3.8) is 0 Å². The predicted molar refractivity (Wildman–Crippen MR) is 95.1 cm³/mol. The zero-order valence-corrected chi connectivity index (χ0v) is 14.7. The topological polar surface area (TPSA) is 135 Å². The molecule has 1 aliphatic heterocycles. The number of nitriles is 1. The van der Waals surface area contributed by atoms with E-state index in [2.05, 4.69) is 20.3 Å². The quantitative estimate of drug-likeness (QED) is 0.737. The summed E-state index contributed by atoms with van der Waals surface area (Å²) in [6.45, 7) is 0.230. The third-order valence-electron chi connectivity index (χ3n) is 4.07. The Kier molecular flexibility index (Phi) is 4.70. The minimum Gasteiger partial charge on any atom is -0.368 e. The number of carbonyl (C=O) groups is 2. The molecule has 27 heavy (non-hydrogen) atoms. The van der Waals surface area contributed by atoms with Crippen molar-refractivity contribution in [2.45, 2.75) is 12.0 Å². The summed E-state index contributed by atoms with van der Waals surface area (Å²) in [5.74, 6) is -0.148. The average Bonchev–Trinajstić information content (AvgIpc) is 2.97. The van der Waals surface area contributed by atoms with E-state index in [1.165, 1.54) is 28.4 Å². The Morgan fingerprint density at radius 2 is 2.11 bits per heavy atom. The summed E-state index contributed by atoms with van der Waals surface area (Å²) in [6, 6.07) is 4.86. The Bertz CT molecular complexity index is 923. The Labute approximate surface area is 155 Å². The van der Waals surface area contributed by atoms with Gasteiger partial charge in [-0.3, -0.25) is 9.59 Å². The fourth-order valence-electron chi connectivity index (χ4n) is 2.57. The van der Waals surface area contributed by atoms with E-state index < -0.39 is 11.5 Å². The standard InChI is InChI=1S/C17H17N7O3/c1-23(2)15(25)12-8-21-14(9-20-12)22-13-7-11(3-5-19-13)24-6-4-17(27,10-18)16(24)26/h3,5,7-9,27H,4,6H2,1-2H3,(H,19,21,22)/t17-/m0/s1.